The van der Waals surface area contributed by atoms with Gasteiger partial charge in [-0.05, 0) is 35.0 Å². The predicted octanol–water partition coefficient (Wildman–Crippen LogP) is 3.89. The smallest absolute Gasteiger partial charge is 0.0511 e. The molecule has 0 unspecified atom stereocenters. The molecule has 2 rings (SSSR count). The zero-order chi connectivity index (χ0) is 8.72. The Labute approximate surface area is 83.9 Å². The van der Waals surface area contributed by atoms with Crippen LogP contribution >= 0.6 is 27.5 Å². The molecular formula is C9H7BrClN. The van der Waals surface area contributed by atoms with Crippen LogP contribution in [0.1, 0.15) is 5.69 Å². The molecule has 0 bridgehead atoms. The molecule has 0 saturated heterocycles. The highest BCUT2D eigenvalue weighted by atomic mass is 79.9. The summed E-state index contributed by atoms with van der Waals surface area (Å²) in [5, 5.41) is 1.85. The lowest BCUT2D eigenvalue weighted by Crippen LogP contribution is -1.67. The van der Waals surface area contributed by atoms with Gasteiger partial charge in [0.05, 0.1) is 5.02 Å². The molecule has 0 aliphatic carbocycles. The second-order valence-electron chi connectivity index (χ2n) is 2.73. The summed E-state index contributed by atoms with van der Waals surface area (Å²) < 4.78 is 1.06. The van der Waals surface area contributed by atoms with Crippen LogP contribution in [0.4, 0.5) is 0 Å². The fourth-order valence-corrected chi connectivity index (χ4v) is 2.21. The first kappa shape index (κ1) is 8.14. The molecule has 2 aromatic rings. The van der Waals surface area contributed by atoms with E-state index in [2.05, 4.69) is 20.9 Å². The van der Waals surface area contributed by atoms with Gasteiger partial charge in [0, 0.05) is 21.1 Å². The van der Waals surface area contributed by atoms with Gasteiger partial charge in [0.15, 0.2) is 0 Å². The maximum atomic E-state index is 6.03. The molecule has 0 spiro atoms. The Morgan fingerprint density at radius 3 is 2.83 bits per heavy atom. The Balaban J connectivity index is 2.97. The quantitative estimate of drug-likeness (QED) is 0.724. The number of fused-ring (bicyclic) bond motifs is 1. The number of hydrogen-bond donors (Lipinski definition) is 1. The summed E-state index contributed by atoms with van der Waals surface area (Å²) in [6.07, 6.45) is 0. The zero-order valence-corrected chi connectivity index (χ0v) is 8.83. The maximum absolute atomic E-state index is 6.03. The van der Waals surface area contributed by atoms with Crippen LogP contribution in [-0.4, -0.2) is 4.98 Å². The number of halogens is 2. The van der Waals surface area contributed by atoms with Crippen molar-refractivity contribution < 1.29 is 0 Å². The molecule has 0 amide bonds. The van der Waals surface area contributed by atoms with Gasteiger partial charge in [0.2, 0.25) is 0 Å². The summed E-state index contributed by atoms with van der Waals surface area (Å²) >= 11 is 9.51. The molecule has 1 nitrogen and oxygen atoms in total. The van der Waals surface area contributed by atoms with Gasteiger partial charge >= 0.3 is 0 Å². The van der Waals surface area contributed by atoms with Crippen molar-refractivity contribution in [2.45, 2.75) is 6.92 Å². The van der Waals surface area contributed by atoms with Crippen molar-refractivity contribution in [2.24, 2.45) is 0 Å². The molecule has 1 aromatic carbocycles. The summed E-state index contributed by atoms with van der Waals surface area (Å²) in [5.74, 6) is 0. The third-order valence-corrected chi connectivity index (χ3v) is 3.19. The lowest BCUT2D eigenvalue weighted by molar-refractivity contribution is 1.29. The number of aryl methyl sites for hydroxylation is 1. The molecular weight excluding hydrogens is 237 g/mol. The minimum Gasteiger partial charge on any atom is -0.358 e. The summed E-state index contributed by atoms with van der Waals surface area (Å²) in [6.45, 7) is 2.01. The van der Waals surface area contributed by atoms with Crippen LogP contribution in [-0.2, 0) is 0 Å². The van der Waals surface area contributed by atoms with Crippen LogP contribution < -0.4 is 0 Å². The van der Waals surface area contributed by atoms with E-state index in [4.69, 9.17) is 11.6 Å². The number of hydrogen-bond acceptors (Lipinski definition) is 0. The highest BCUT2D eigenvalue weighted by Crippen LogP contribution is 2.32. The molecule has 12 heavy (non-hydrogen) atoms. The molecule has 0 fully saturated rings. The molecule has 1 aromatic heterocycles. The SMILES string of the molecule is Cc1[nH]c2cccc(Cl)c2c1Br. The van der Waals surface area contributed by atoms with Crippen molar-refractivity contribution in [3.8, 4) is 0 Å². The molecule has 0 aliphatic rings. The summed E-state index contributed by atoms with van der Waals surface area (Å²) in [6, 6.07) is 5.84. The van der Waals surface area contributed by atoms with Gasteiger partial charge in [0.25, 0.3) is 0 Å². The Morgan fingerprint density at radius 1 is 1.42 bits per heavy atom. The van der Waals surface area contributed by atoms with Gasteiger partial charge < -0.3 is 4.98 Å². The molecule has 0 atom stereocenters. The van der Waals surface area contributed by atoms with Gasteiger partial charge in [-0.1, -0.05) is 17.7 Å². The fourth-order valence-electron chi connectivity index (χ4n) is 1.30. The Morgan fingerprint density at radius 2 is 2.17 bits per heavy atom. The van der Waals surface area contributed by atoms with E-state index in [0.29, 0.717) is 0 Å². The number of benzene rings is 1. The van der Waals surface area contributed by atoms with E-state index in [-0.39, 0.29) is 0 Å². The van der Waals surface area contributed by atoms with E-state index >= 15 is 0 Å². The molecule has 1 N–H and O–H groups in total. The fraction of sp³-hybridized carbons (Fsp3) is 0.111. The third kappa shape index (κ3) is 1.06. The van der Waals surface area contributed by atoms with Crippen molar-refractivity contribution >= 4 is 38.4 Å². The van der Waals surface area contributed by atoms with Crippen molar-refractivity contribution in [1.29, 1.82) is 0 Å². The van der Waals surface area contributed by atoms with Gasteiger partial charge in [-0.25, -0.2) is 0 Å². The number of H-pyrrole nitrogens is 1. The first-order valence-electron chi connectivity index (χ1n) is 3.62. The topological polar surface area (TPSA) is 15.8 Å². The summed E-state index contributed by atoms with van der Waals surface area (Å²) in [4.78, 5) is 3.24. The maximum Gasteiger partial charge on any atom is 0.0511 e. The average molecular weight is 245 g/mol. The highest BCUT2D eigenvalue weighted by molar-refractivity contribution is 9.10. The van der Waals surface area contributed by atoms with Gasteiger partial charge in [-0.15, -0.1) is 0 Å². The lowest BCUT2D eigenvalue weighted by atomic mass is 10.2. The lowest BCUT2D eigenvalue weighted by Gasteiger charge is -1.92. The van der Waals surface area contributed by atoms with Crippen LogP contribution in [0, 0.1) is 6.92 Å². The van der Waals surface area contributed by atoms with Gasteiger partial charge in [-0.2, -0.15) is 0 Å². The monoisotopic (exact) mass is 243 g/mol. The van der Waals surface area contributed by atoms with E-state index in [9.17, 15) is 0 Å². The molecule has 1 heterocycles. The molecule has 3 heteroatoms. The van der Waals surface area contributed by atoms with Crippen molar-refractivity contribution in [3.63, 3.8) is 0 Å². The number of nitrogens with one attached hydrogen (secondary N) is 1. The first-order chi connectivity index (χ1) is 5.70. The molecule has 0 aliphatic heterocycles. The molecule has 0 saturated carbocycles. The number of aromatic nitrogens is 1. The van der Waals surface area contributed by atoms with Crippen LogP contribution in [0.25, 0.3) is 10.9 Å². The van der Waals surface area contributed by atoms with Crippen LogP contribution in [0.3, 0.4) is 0 Å². The Bertz CT molecular complexity index is 433. The minimum atomic E-state index is 0.781. The van der Waals surface area contributed by atoms with E-state index in [1.807, 2.05) is 25.1 Å². The molecule has 62 valence electrons. The van der Waals surface area contributed by atoms with Crippen LogP contribution in [0.5, 0.6) is 0 Å². The number of rotatable bonds is 0. The van der Waals surface area contributed by atoms with Crippen molar-refractivity contribution in [1.82, 2.24) is 4.98 Å². The first-order valence-corrected chi connectivity index (χ1v) is 4.79. The Hall–Kier alpha value is -0.470. The molecule has 0 radical (unpaired) electrons. The van der Waals surface area contributed by atoms with Gasteiger partial charge in [0.1, 0.15) is 0 Å². The second-order valence-corrected chi connectivity index (χ2v) is 3.93. The average Bonchev–Trinajstić information content (AvgIpc) is 2.29. The minimum absolute atomic E-state index is 0.781. The van der Waals surface area contributed by atoms with Crippen LogP contribution in [0.15, 0.2) is 22.7 Å². The normalized spacial score (nSPS) is 10.9. The number of aromatic amines is 1. The standard InChI is InChI=1S/C9H7BrClN/c1-5-9(10)8-6(11)3-2-4-7(8)12-5/h2-4,12H,1H3. The summed E-state index contributed by atoms with van der Waals surface area (Å²) in [7, 11) is 0. The highest BCUT2D eigenvalue weighted by Gasteiger charge is 2.07. The third-order valence-electron chi connectivity index (χ3n) is 1.88. The van der Waals surface area contributed by atoms with Crippen molar-refractivity contribution in [3.05, 3.63) is 33.4 Å². The van der Waals surface area contributed by atoms with Crippen LogP contribution in [0.2, 0.25) is 5.02 Å². The van der Waals surface area contributed by atoms with E-state index < -0.39 is 0 Å². The second kappa shape index (κ2) is 2.79. The van der Waals surface area contributed by atoms with Gasteiger partial charge in [-0.3, -0.25) is 0 Å². The van der Waals surface area contributed by atoms with Crippen molar-refractivity contribution in [2.75, 3.05) is 0 Å². The zero-order valence-electron chi connectivity index (χ0n) is 6.49. The predicted molar refractivity (Wildman–Crippen MR) is 55.7 cm³/mol. The Kier molecular flexibility index (Phi) is 1.89. The summed E-state index contributed by atoms with van der Waals surface area (Å²) in [5.41, 5.74) is 2.19. The van der Waals surface area contributed by atoms with E-state index in [0.717, 1.165) is 26.1 Å². The van der Waals surface area contributed by atoms with E-state index in [1.54, 1.807) is 0 Å². The van der Waals surface area contributed by atoms with E-state index in [1.165, 1.54) is 0 Å². The largest absolute Gasteiger partial charge is 0.358 e.